The van der Waals surface area contributed by atoms with Gasteiger partial charge in [0.05, 0.1) is 0 Å². The van der Waals surface area contributed by atoms with Crippen molar-refractivity contribution in [3.05, 3.63) is 64.9 Å². The van der Waals surface area contributed by atoms with Gasteiger partial charge in [-0.25, -0.2) is 0 Å². The van der Waals surface area contributed by atoms with E-state index >= 15 is 0 Å². The quantitative estimate of drug-likeness (QED) is 0.872. The van der Waals surface area contributed by atoms with E-state index in [1.165, 1.54) is 11.1 Å². The molecule has 1 unspecified atom stereocenters. The van der Waals surface area contributed by atoms with Gasteiger partial charge < -0.3 is 5.32 Å². The van der Waals surface area contributed by atoms with Gasteiger partial charge in [-0.15, -0.1) is 0 Å². The Balaban J connectivity index is 1.88. The van der Waals surface area contributed by atoms with E-state index in [0.29, 0.717) is 6.04 Å². The molecule has 0 saturated carbocycles. The number of nitrogens with one attached hydrogen (secondary N) is 1. The number of nitrogens with zero attached hydrogens (tertiary/aromatic N) is 1. The minimum atomic E-state index is 0.474. The van der Waals surface area contributed by atoms with Crippen LogP contribution >= 0.6 is 11.6 Å². The summed E-state index contributed by atoms with van der Waals surface area (Å²) in [5, 5.41) is 4.17. The molecule has 0 saturated heterocycles. The van der Waals surface area contributed by atoms with Gasteiger partial charge in [-0.2, -0.15) is 0 Å². The van der Waals surface area contributed by atoms with Gasteiger partial charge in [-0.1, -0.05) is 29.8 Å². The molecule has 100 valence electrons. The molecule has 0 aliphatic heterocycles. The third-order valence-corrected chi connectivity index (χ3v) is 3.56. The van der Waals surface area contributed by atoms with Crippen LogP contribution in [0.15, 0.2) is 48.8 Å². The van der Waals surface area contributed by atoms with Gasteiger partial charge in [-0.3, -0.25) is 4.98 Å². The van der Waals surface area contributed by atoms with Crippen LogP contribution in [0.25, 0.3) is 0 Å². The van der Waals surface area contributed by atoms with Crippen LogP contribution in [0.1, 0.15) is 17.5 Å². The van der Waals surface area contributed by atoms with Gasteiger partial charge in [0.15, 0.2) is 0 Å². The SMILES string of the molecule is CNC(CCc1cccnc1)Cc1ccc(Cl)cc1. The number of hydrogen-bond acceptors (Lipinski definition) is 2. The van der Waals surface area contributed by atoms with E-state index in [1.54, 1.807) is 0 Å². The maximum absolute atomic E-state index is 5.90. The molecular formula is C16H19ClN2. The van der Waals surface area contributed by atoms with Crippen LogP contribution in [0, 0.1) is 0 Å². The molecule has 3 heteroatoms. The molecule has 19 heavy (non-hydrogen) atoms. The molecule has 0 aliphatic carbocycles. The maximum atomic E-state index is 5.90. The van der Waals surface area contributed by atoms with Gasteiger partial charge >= 0.3 is 0 Å². The standard InChI is InChI=1S/C16H19ClN2/c1-18-16(9-6-14-3-2-10-19-12-14)11-13-4-7-15(17)8-5-13/h2-5,7-8,10,12,16,18H,6,9,11H2,1H3. The van der Waals surface area contributed by atoms with Crippen LogP contribution in [0.2, 0.25) is 5.02 Å². The van der Waals surface area contributed by atoms with Crippen LogP contribution in [-0.4, -0.2) is 18.1 Å². The molecule has 0 aliphatic rings. The minimum absolute atomic E-state index is 0.474. The molecule has 0 fully saturated rings. The average Bonchev–Trinajstić information content (AvgIpc) is 2.46. The van der Waals surface area contributed by atoms with E-state index < -0.39 is 0 Å². The molecule has 0 spiro atoms. The molecule has 1 heterocycles. The lowest BCUT2D eigenvalue weighted by molar-refractivity contribution is 0.520. The second-order valence-corrected chi connectivity index (χ2v) is 5.15. The van der Waals surface area contributed by atoms with E-state index in [9.17, 15) is 0 Å². The Kier molecular flexibility index (Phi) is 5.37. The van der Waals surface area contributed by atoms with E-state index in [4.69, 9.17) is 11.6 Å². The Morgan fingerprint density at radius 3 is 2.58 bits per heavy atom. The molecule has 1 aromatic carbocycles. The number of likely N-dealkylation sites (N-methyl/N-ethyl adjacent to an activating group) is 1. The highest BCUT2D eigenvalue weighted by atomic mass is 35.5. The lowest BCUT2D eigenvalue weighted by Gasteiger charge is -2.16. The second kappa shape index (κ2) is 7.27. The Labute approximate surface area is 119 Å². The highest BCUT2D eigenvalue weighted by molar-refractivity contribution is 6.30. The molecule has 0 amide bonds. The number of pyridine rings is 1. The molecule has 1 N–H and O–H groups in total. The van der Waals surface area contributed by atoms with Crippen molar-refractivity contribution in [3.8, 4) is 0 Å². The lowest BCUT2D eigenvalue weighted by Crippen LogP contribution is -2.28. The fraction of sp³-hybridized carbons (Fsp3) is 0.312. The van der Waals surface area contributed by atoms with Crippen molar-refractivity contribution in [3.63, 3.8) is 0 Å². The summed E-state index contributed by atoms with van der Waals surface area (Å²) < 4.78 is 0. The summed E-state index contributed by atoms with van der Waals surface area (Å²) in [4.78, 5) is 4.15. The molecule has 0 bridgehead atoms. The molecule has 2 rings (SSSR count). The van der Waals surface area contributed by atoms with Crippen LogP contribution < -0.4 is 5.32 Å². The van der Waals surface area contributed by atoms with Crippen LogP contribution in [0.3, 0.4) is 0 Å². The summed E-state index contributed by atoms with van der Waals surface area (Å²) >= 11 is 5.90. The Hall–Kier alpha value is -1.38. The van der Waals surface area contributed by atoms with E-state index in [1.807, 2.05) is 37.6 Å². The van der Waals surface area contributed by atoms with Crippen molar-refractivity contribution in [2.45, 2.75) is 25.3 Å². The summed E-state index contributed by atoms with van der Waals surface area (Å²) in [6, 6.07) is 12.7. The van der Waals surface area contributed by atoms with Crippen molar-refractivity contribution in [1.82, 2.24) is 10.3 Å². The van der Waals surface area contributed by atoms with Gasteiger partial charge in [0, 0.05) is 23.5 Å². The first-order chi connectivity index (χ1) is 9.28. The highest BCUT2D eigenvalue weighted by Gasteiger charge is 2.07. The Bertz CT molecular complexity index is 482. The van der Waals surface area contributed by atoms with Gasteiger partial charge in [0.1, 0.15) is 0 Å². The average molecular weight is 275 g/mol. The molecular weight excluding hydrogens is 256 g/mol. The molecule has 1 aromatic heterocycles. The van der Waals surface area contributed by atoms with Crippen LogP contribution in [-0.2, 0) is 12.8 Å². The Morgan fingerprint density at radius 1 is 1.16 bits per heavy atom. The van der Waals surface area contributed by atoms with Crippen molar-refractivity contribution in [2.24, 2.45) is 0 Å². The highest BCUT2D eigenvalue weighted by Crippen LogP contribution is 2.13. The third kappa shape index (κ3) is 4.66. The summed E-state index contributed by atoms with van der Waals surface area (Å²) in [7, 11) is 2.02. The van der Waals surface area contributed by atoms with E-state index in [0.717, 1.165) is 24.3 Å². The number of aryl methyl sites for hydroxylation is 1. The van der Waals surface area contributed by atoms with Crippen molar-refractivity contribution >= 4 is 11.6 Å². The minimum Gasteiger partial charge on any atom is -0.317 e. The molecule has 1 atom stereocenters. The van der Waals surface area contributed by atoms with Gasteiger partial charge in [0.2, 0.25) is 0 Å². The first kappa shape index (κ1) is 14.0. The van der Waals surface area contributed by atoms with E-state index in [-0.39, 0.29) is 0 Å². The zero-order valence-corrected chi connectivity index (χ0v) is 11.9. The predicted octanol–water partition coefficient (Wildman–Crippen LogP) is 3.50. The zero-order chi connectivity index (χ0) is 13.5. The first-order valence-corrected chi connectivity index (χ1v) is 6.96. The number of benzene rings is 1. The fourth-order valence-corrected chi connectivity index (χ4v) is 2.27. The van der Waals surface area contributed by atoms with Crippen LogP contribution in [0.5, 0.6) is 0 Å². The normalized spacial score (nSPS) is 12.3. The number of hydrogen-bond donors (Lipinski definition) is 1. The maximum Gasteiger partial charge on any atom is 0.0406 e. The van der Waals surface area contributed by atoms with Crippen molar-refractivity contribution in [1.29, 1.82) is 0 Å². The number of rotatable bonds is 6. The summed E-state index contributed by atoms with van der Waals surface area (Å²) in [5.41, 5.74) is 2.61. The molecule has 2 nitrogen and oxygen atoms in total. The smallest absolute Gasteiger partial charge is 0.0406 e. The van der Waals surface area contributed by atoms with Crippen LogP contribution in [0.4, 0.5) is 0 Å². The van der Waals surface area contributed by atoms with E-state index in [2.05, 4.69) is 28.5 Å². The van der Waals surface area contributed by atoms with Crippen molar-refractivity contribution in [2.75, 3.05) is 7.05 Å². The largest absolute Gasteiger partial charge is 0.317 e. The summed E-state index contributed by atoms with van der Waals surface area (Å²) in [5.74, 6) is 0. The van der Waals surface area contributed by atoms with Gasteiger partial charge in [0.25, 0.3) is 0 Å². The zero-order valence-electron chi connectivity index (χ0n) is 11.1. The Morgan fingerprint density at radius 2 is 1.95 bits per heavy atom. The van der Waals surface area contributed by atoms with Gasteiger partial charge in [-0.05, 0) is 55.6 Å². The summed E-state index contributed by atoms with van der Waals surface area (Å²) in [6.07, 6.45) is 6.92. The molecule has 2 aromatic rings. The predicted molar refractivity (Wildman–Crippen MR) is 80.6 cm³/mol. The second-order valence-electron chi connectivity index (χ2n) is 4.72. The topological polar surface area (TPSA) is 24.9 Å². The molecule has 0 radical (unpaired) electrons. The number of halogens is 1. The fourth-order valence-electron chi connectivity index (χ4n) is 2.14. The number of aromatic nitrogens is 1. The lowest BCUT2D eigenvalue weighted by atomic mass is 10.00. The monoisotopic (exact) mass is 274 g/mol. The third-order valence-electron chi connectivity index (χ3n) is 3.31. The summed E-state index contributed by atoms with van der Waals surface area (Å²) in [6.45, 7) is 0. The van der Waals surface area contributed by atoms with Crippen molar-refractivity contribution < 1.29 is 0 Å². The first-order valence-electron chi connectivity index (χ1n) is 6.58.